The van der Waals surface area contributed by atoms with Gasteiger partial charge in [-0.3, -0.25) is 8.75 Å². The topological polar surface area (TPSA) is 52.8 Å². The maximum absolute atomic E-state index is 12.7. The maximum atomic E-state index is 12.7. The molecule has 0 radical (unpaired) electrons. The molecule has 1 heterocycles. The van der Waals surface area contributed by atoms with Gasteiger partial charge in [0.2, 0.25) is 0 Å². The number of carbonyl (C=O) groups is 1. The van der Waals surface area contributed by atoms with Crippen molar-refractivity contribution in [3.63, 3.8) is 0 Å². The van der Waals surface area contributed by atoms with Crippen molar-refractivity contribution < 1.29 is 18.7 Å². The number of alkyl halides is 1. The molecule has 0 unspecified atom stereocenters. The van der Waals surface area contributed by atoms with Gasteiger partial charge in [-0.1, -0.05) is 11.6 Å². The molecule has 0 N–H and O–H groups in total. The third-order valence-electron chi connectivity index (χ3n) is 3.47. The van der Waals surface area contributed by atoms with Gasteiger partial charge in [-0.15, -0.1) is 0 Å². The maximum Gasteiger partial charge on any atom is 0.282 e. The minimum atomic E-state index is -0.561. The van der Waals surface area contributed by atoms with Crippen LogP contribution in [0.5, 0.6) is 5.75 Å². The van der Waals surface area contributed by atoms with Gasteiger partial charge in [0, 0.05) is 22.3 Å². The van der Waals surface area contributed by atoms with Crippen LogP contribution in [-0.2, 0) is 16.9 Å². The van der Waals surface area contributed by atoms with Crippen LogP contribution in [0.4, 0.5) is 4.39 Å². The first kappa shape index (κ1) is 20.6. The van der Waals surface area contributed by atoms with Crippen molar-refractivity contribution in [1.29, 1.82) is 0 Å². The Morgan fingerprint density at radius 1 is 1.38 bits per heavy atom. The van der Waals surface area contributed by atoms with E-state index in [0.29, 0.717) is 15.4 Å². The average Bonchev–Trinajstić information content (AvgIpc) is 2.98. The molecule has 26 heavy (non-hydrogen) atoms. The van der Waals surface area contributed by atoms with Crippen molar-refractivity contribution in [2.45, 2.75) is 32.9 Å². The second-order valence-corrected chi connectivity index (χ2v) is 7.95. The van der Waals surface area contributed by atoms with Crippen LogP contribution in [0.2, 0.25) is 5.02 Å². The van der Waals surface area contributed by atoms with E-state index in [4.69, 9.17) is 21.1 Å². The molecule has 1 aromatic carbocycles. The quantitative estimate of drug-likeness (QED) is 0.683. The van der Waals surface area contributed by atoms with Gasteiger partial charge in [0.25, 0.3) is 5.91 Å². The van der Waals surface area contributed by atoms with Crippen LogP contribution in [0.25, 0.3) is 0 Å². The lowest BCUT2D eigenvalue weighted by atomic mass is 10.1. The van der Waals surface area contributed by atoms with Crippen LogP contribution in [-0.4, -0.2) is 30.3 Å². The SMILES string of the molecule is COc1ccc(Cl)cc1C(=O)N=c1sn(C(C)(C)C)cc1COCCF. The molecular formula is C18H22ClFN2O3S. The summed E-state index contributed by atoms with van der Waals surface area (Å²) in [6, 6.07) is 4.79. The molecule has 0 saturated heterocycles. The van der Waals surface area contributed by atoms with E-state index < -0.39 is 12.6 Å². The predicted molar refractivity (Wildman–Crippen MR) is 101 cm³/mol. The smallest absolute Gasteiger partial charge is 0.282 e. The van der Waals surface area contributed by atoms with E-state index in [1.54, 1.807) is 12.1 Å². The summed E-state index contributed by atoms with van der Waals surface area (Å²) < 4.78 is 25.3. The van der Waals surface area contributed by atoms with Gasteiger partial charge in [-0.2, -0.15) is 4.99 Å². The molecule has 0 aliphatic rings. The molecule has 0 spiro atoms. The van der Waals surface area contributed by atoms with Crippen molar-refractivity contribution in [1.82, 2.24) is 3.96 Å². The van der Waals surface area contributed by atoms with Crippen molar-refractivity contribution in [2.24, 2.45) is 4.99 Å². The average molecular weight is 401 g/mol. The lowest BCUT2D eigenvalue weighted by Crippen LogP contribution is -2.18. The van der Waals surface area contributed by atoms with E-state index in [2.05, 4.69) is 4.99 Å². The normalized spacial score (nSPS) is 12.5. The summed E-state index contributed by atoms with van der Waals surface area (Å²) in [5, 5.41) is 0.423. The van der Waals surface area contributed by atoms with E-state index in [9.17, 15) is 9.18 Å². The molecule has 2 aromatic rings. The first-order chi connectivity index (χ1) is 12.3. The van der Waals surface area contributed by atoms with Crippen LogP contribution in [0.15, 0.2) is 29.4 Å². The molecule has 142 valence electrons. The van der Waals surface area contributed by atoms with Crippen LogP contribution < -0.4 is 9.41 Å². The predicted octanol–water partition coefficient (Wildman–Crippen LogP) is 4.19. The standard InChI is InChI=1S/C18H22ClFN2O3S/c1-18(2,3)22-10-12(11-25-8-7-20)17(26-22)21-16(23)14-9-13(19)5-6-15(14)24-4/h5-6,9-10H,7-8,11H2,1-4H3. The number of amides is 1. The van der Waals surface area contributed by atoms with E-state index in [-0.39, 0.29) is 24.3 Å². The Morgan fingerprint density at radius 3 is 2.73 bits per heavy atom. The second-order valence-electron chi connectivity index (χ2n) is 6.55. The molecule has 0 saturated carbocycles. The van der Waals surface area contributed by atoms with Gasteiger partial charge in [-0.25, -0.2) is 4.39 Å². The Labute approximate surface area is 161 Å². The monoisotopic (exact) mass is 400 g/mol. The number of carbonyl (C=O) groups excluding carboxylic acids is 1. The third-order valence-corrected chi connectivity index (χ3v) is 5.08. The van der Waals surface area contributed by atoms with Crippen molar-refractivity contribution in [3.8, 4) is 5.75 Å². The van der Waals surface area contributed by atoms with Gasteiger partial charge in [0.05, 0.1) is 25.9 Å². The fourth-order valence-electron chi connectivity index (χ4n) is 2.13. The number of aromatic nitrogens is 1. The Bertz CT molecular complexity index is 840. The number of benzene rings is 1. The summed E-state index contributed by atoms with van der Waals surface area (Å²) in [6.45, 7) is 5.75. The Hall–Kier alpha value is -1.70. The van der Waals surface area contributed by atoms with Gasteiger partial charge in [0.15, 0.2) is 0 Å². The minimum Gasteiger partial charge on any atom is -0.496 e. The van der Waals surface area contributed by atoms with Crippen LogP contribution >= 0.6 is 23.1 Å². The zero-order valence-electron chi connectivity index (χ0n) is 15.2. The Morgan fingerprint density at radius 2 is 2.12 bits per heavy atom. The Balaban J connectivity index is 2.46. The number of rotatable bonds is 6. The van der Waals surface area contributed by atoms with E-state index in [1.165, 1.54) is 24.7 Å². The first-order valence-electron chi connectivity index (χ1n) is 8.05. The van der Waals surface area contributed by atoms with Crippen LogP contribution in [0.3, 0.4) is 0 Å². The van der Waals surface area contributed by atoms with E-state index in [1.807, 2.05) is 30.9 Å². The molecule has 0 atom stereocenters. The largest absolute Gasteiger partial charge is 0.496 e. The molecule has 1 amide bonds. The highest BCUT2D eigenvalue weighted by Crippen LogP contribution is 2.23. The summed E-state index contributed by atoms with van der Waals surface area (Å²) in [5.41, 5.74) is 0.836. The van der Waals surface area contributed by atoms with Gasteiger partial charge < -0.3 is 9.47 Å². The lowest BCUT2D eigenvalue weighted by molar-refractivity contribution is 0.0991. The molecular weight excluding hydrogens is 379 g/mol. The highest BCUT2D eigenvalue weighted by atomic mass is 35.5. The van der Waals surface area contributed by atoms with Gasteiger partial charge >= 0.3 is 0 Å². The highest BCUT2D eigenvalue weighted by molar-refractivity contribution is 7.04. The summed E-state index contributed by atoms with van der Waals surface area (Å²) in [6.07, 6.45) is 1.88. The van der Waals surface area contributed by atoms with Crippen molar-refractivity contribution in [3.05, 3.63) is 45.2 Å². The van der Waals surface area contributed by atoms with E-state index >= 15 is 0 Å². The molecule has 0 bridgehead atoms. The second kappa shape index (κ2) is 8.79. The summed E-state index contributed by atoms with van der Waals surface area (Å²) in [5.74, 6) is -0.0577. The minimum absolute atomic E-state index is 0.000860. The number of hydrogen-bond donors (Lipinski definition) is 0. The van der Waals surface area contributed by atoms with Gasteiger partial charge in [-0.05, 0) is 50.5 Å². The van der Waals surface area contributed by atoms with Crippen molar-refractivity contribution >= 4 is 29.0 Å². The summed E-state index contributed by atoms with van der Waals surface area (Å²) in [4.78, 5) is 16.9. The molecule has 0 fully saturated rings. The van der Waals surface area contributed by atoms with Crippen LogP contribution in [0.1, 0.15) is 36.7 Å². The molecule has 1 aromatic heterocycles. The summed E-state index contributed by atoms with van der Waals surface area (Å²) in [7, 11) is 1.48. The zero-order chi connectivity index (χ0) is 19.3. The molecule has 8 heteroatoms. The fourth-order valence-corrected chi connectivity index (χ4v) is 3.30. The first-order valence-corrected chi connectivity index (χ1v) is 9.20. The third kappa shape index (κ3) is 5.16. The number of hydrogen-bond acceptors (Lipinski definition) is 4. The fraction of sp³-hybridized carbons (Fsp3) is 0.444. The van der Waals surface area contributed by atoms with Crippen molar-refractivity contribution in [2.75, 3.05) is 20.4 Å². The lowest BCUT2D eigenvalue weighted by Gasteiger charge is -2.19. The zero-order valence-corrected chi connectivity index (χ0v) is 16.8. The molecule has 0 aliphatic heterocycles. The molecule has 0 aliphatic carbocycles. The van der Waals surface area contributed by atoms with Crippen LogP contribution in [0, 0.1) is 0 Å². The number of halogens is 2. The molecule has 5 nitrogen and oxygen atoms in total. The highest BCUT2D eigenvalue weighted by Gasteiger charge is 2.18. The van der Waals surface area contributed by atoms with E-state index in [0.717, 1.165) is 5.56 Å². The summed E-state index contributed by atoms with van der Waals surface area (Å²) >= 11 is 7.34. The van der Waals surface area contributed by atoms with Gasteiger partial charge in [0.1, 0.15) is 17.1 Å². The Kier molecular flexibility index (Phi) is 6.97. The number of nitrogens with zero attached hydrogens (tertiary/aromatic N) is 2. The molecule has 2 rings (SSSR count). The number of ether oxygens (including phenoxy) is 2. The number of methoxy groups -OCH3 is 1.